The summed E-state index contributed by atoms with van der Waals surface area (Å²) >= 11 is 0. The second-order valence-corrected chi connectivity index (χ2v) is 4.44. The Balaban J connectivity index is 2.32. The van der Waals surface area contributed by atoms with Crippen LogP contribution in [0.5, 0.6) is 0 Å². The van der Waals surface area contributed by atoms with E-state index in [-0.39, 0.29) is 11.9 Å². The SMILES string of the molecule is CCCNC(c1ccc(CC)o1)c1ccncc1F. The van der Waals surface area contributed by atoms with Crippen LogP contribution >= 0.6 is 0 Å². The summed E-state index contributed by atoms with van der Waals surface area (Å²) in [6.45, 7) is 4.91. The molecule has 2 aromatic heterocycles. The molecule has 3 nitrogen and oxygen atoms in total. The van der Waals surface area contributed by atoms with E-state index in [0.29, 0.717) is 5.56 Å². The van der Waals surface area contributed by atoms with E-state index in [1.165, 1.54) is 6.20 Å². The van der Waals surface area contributed by atoms with Gasteiger partial charge in [0, 0.05) is 18.2 Å². The van der Waals surface area contributed by atoms with Gasteiger partial charge in [-0.2, -0.15) is 0 Å². The van der Waals surface area contributed by atoms with Gasteiger partial charge in [-0.05, 0) is 31.2 Å². The molecule has 4 heteroatoms. The Bertz CT molecular complexity index is 524. The number of pyridine rings is 1. The molecule has 0 aliphatic rings. The molecule has 0 spiro atoms. The normalized spacial score (nSPS) is 12.6. The maximum absolute atomic E-state index is 13.9. The molecule has 1 atom stereocenters. The summed E-state index contributed by atoms with van der Waals surface area (Å²) in [4.78, 5) is 3.79. The standard InChI is InChI=1S/C15H19FN2O/c1-3-8-18-15(12-7-9-17-10-13(12)16)14-6-5-11(4-2)19-14/h5-7,9-10,15,18H,3-4,8H2,1-2H3. The summed E-state index contributed by atoms with van der Waals surface area (Å²) in [6.07, 6.45) is 4.65. The van der Waals surface area contributed by atoms with Crippen LogP contribution in [0.2, 0.25) is 0 Å². The summed E-state index contributed by atoms with van der Waals surface area (Å²) < 4.78 is 19.6. The fraction of sp³-hybridized carbons (Fsp3) is 0.400. The van der Waals surface area contributed by atoms with Gasteiger partial charge in [-0.25, -0.2) is 4.39 Å². The van der Waals surface area contributed by atoms with Crippen LogP contribution in [0.1, 0.15) is 43.4 Å². The first-order valence-corrected chi connectivity index (χ1v) is 6.67. The first-order chi connectivity index (χ1) is 9.26. The highest BCUT2D eigenvalue weighted by Crippen LogP contribution is 2.25. The number of furan rings is 1. The molecule has 102 valence electrons. The lowest BCUT2D eigenvalue weighted by Gasteiger charge is -2.17. The molecule has 0 saturated heterocycles. The second-order valence-electron chi connectivity index (χ2n) is 4.44. The maximum atomic E-state index is 13.9. The van der Waals surface area contributed by atoms with Crippen LogP contribution in [0.15, 0.2) is 35.0 Å². The van der Waals surface area contributed by atoms with Gasteiger partial charge in [0.25, 0.3) is 0 Å². The van der Waals surface area contributed by atoms with Crippen LogP contribution in [0, 0.1) is 5.82 Å². The highest BCUT2D eigenvalue weighted by atomic mass is 19.1. The van der Waals surface area contributed by atoms with Crippen molar-refractivity contribution in [2.75, 3.05) is 6.54 Å². The average molecular weight is 262 g/mol. The Morgan fingerprint density at radius 2 is 2.16 bits per heavy atom. The molecule has 0 aliphatic heterocycles. The zero-order valence-corrected chi connectivity index (χ0v) is 11.3. The molecule has 1 N–H and O–H groups in total. The van der Waals surface area contributed by atoms with Gasteiger partial charge in [0.05, 0.1) is 12.2 Å². The van der Waals surface area contributed by atoms with E-state index in [1.807, 2.05) is 19.1 Å². The molecule has 0 aromatic carbocycles. The van der Waals surface area contributed by atoms with Crippen molar-refractivity contribution in [3.8, 4) is 0 Å². The molecule has 0 bridgehead atoms. The largest absolute Gasteiger partial charge is 0.464 e. The lowest BCUT2D eigenvalue weighted by molar-refractivity contribution is 0.414. The smallest absolute Gasteiger partial charge is 0.146 e. The maximum Gasteiger partial charge on any atom is 0.146 e. The second kappa shape index (κ2) is 6.48. The van der Waals surface area contributed by atoms with Crippen LogP contribution < -0.4 is 5.32 Å². The third-order valence-corrected chi connectivity index (χ3v) is 3.03. The van der Waals surface area contributed by atoms with Crippen molar-refractivity contribution in [2.24, 2.45) is 0 Å². The van der Waals surface area contributed by atoms with E-state index < -0.39 is 0 Å². The van der Waals surface area contributed by atoms with Crippen molar-refractivity contribution in [2.45, 2.75) is 32.7 Å². The Morgan fingerprint density at radius 3 is 2.79 bits per heavy atom. The fourth-order valence-corrected chi connectivity index (χ4v) is 2.01. The molecule has 19 heavy (non-hydrogen) atoms. The van der Waals surface area contributed by atoms with E-state index >= 15 is 0 Å². The lowest BCUT2D eigenvalue weighted by atomic mass is 10.1. The van der Waals surface area contributed by atoms with Gasteiger partial charge in [0.15, 0.2) is 0 Å². The number of aryl methyl sites for hydroxylation is 1. The summed E-state index contributed by atoms with van der Waals surface area (Å²) in [7, 11) is 0. The Hall–Kier alpha value is -1.68. The minimum Gasteiger partial charge on any atom is -0.464 e. The molecule has 2 aromatic rings. The molecular weight excluding hydrogens is 243 g/mol. The van der Waals surface area contributed by atoms with Crippen molar-refractivity contribution in [3.63, 3.8) is 0 Å². The van der Waals surface area contributed by atoms with E-state index in [1.54, 1.807) is 12.3 Å². The molecule has 0 amide bonds. The molecule has 0 aliphatic carbocycles. The van der Waals surface area contributed by atoms with Crippen LogP contribution in [0.3, 0.4) is 0 Å². The summed E-state index contributed by atoms with van der Waals surface area (Å²) in [5.41, 5.74) is 0.570. The highest BCUT2D eigenvalue weighted by Gasteiger charge is 2.20. The third-order valence-electron chi connectivity index (χ3n) is 3.03. The molecule has 0 saturated carbocycles. The molecule has 0 fully saturated rings. The van der Waals surface area contributed by atoms with Crippen molar-refractivity contribution < 1.29 is 8.81 Å². The first kappa shape index (κ1) is 13.7. The molecular formula is C15H19FN2O. The number of hydrogen-bond donors (Lipinski definition) is 1. The number of nitrogens with zero attached hydrogens (tertiary/aromatic N) is 1. The lowest BCUT2D eigenvalue weighted by Crippen LogP contribution is -2.23. The summed E-state index contributed by atoms with van der Waals surface area (Å²) in [6, 6.07) is 5.28. The van der Waals surface area contributed by atoms with Gasteiger partial charge >= 0.3 is 0 Å². The van der Waals surface area contributed by atoms with Crippen LogP contribution in [-0.2, 0) is 6.42 Å². The average Bonchev–Trinajstić information content (AvgIpc) is 2.90. The van der Waals surface area contributed by atoms with Crippen LogP contribution in [0.4, 0.5) is 4.39 Å². The Kier molecular flexibility index (Phi) is 4.68. The minimum absolute atomic E-state index is 0.261. The van der Waals surface area contributed by atoms with Gasteiger partial charge in [-0.15, -0.1) is 0 Å². The predicted octanol–water partition coefficient (Wildman–Crippen LogP) is 3.47. The van der Waals surface area contributed by atoms with Crippen molar-refractivity contribution in [3.05, 3.63) is 53.5 Å². The van der Waals surface area contributed by atoms with E-state index in [0.717, 1.165) is 30.9 Å². The highest BCUT2D eigenvalue weighted by molar-refractivity contribution is 5.26. The Labute approximate surface area is 112 Å². The van der Waals surface area contributed by atoms with E-state index in [9.17, 15) is 4.39 Å². The number of rotatable bonds is 6. The topological polar surface area (TPSA) is 38.1 Å². The van der Waals surface area contributed by atoms with Gasteiger partial charge < -0.3 is 9.73 Å². The third kappa shape index (κ3) is 3.20. The predicted molar refractivity (Wildman–Crippen MR) is 72.4 cm³/mol. The number of hydrogen-bond acceptors (Lipinski definition) is 3. The fourth-order valence-electron chi connectivity index (χ4n) is 2.01. The monoisotopic (exact) mass is 262 g/mol. The minimum atomic E-state index is -0.314. The Morgan fingerprint density at radius 1 is 1.32 bits per heavy atom. The summed E-state index contributed by atoms with van der Waals surface area (Å²) in [5.74, 6) is 1.34. The van der Waals surface area contributed by atoms with Crippen molar-refractivity contribution in [1.82, 2.24) is 10.3 Å². The van der Waals surface area contributed by atoms with Crippen molar-refractivity contribution in [1.29, 1.82) is 0 Å². The zero-order chi connectivity index (χ0) is 13.7. The number of aromatic nitrogens is 1. The molecule has 1 unspecified atom stereocenters. The molecule has 2 heterocycles. The van der Waals surface area contributed by atoms with Gasteiger partial charge in [0.1, 0.15) is 17.3 Å². The van der Waals surface area contributed by atoms with Gasteiger partial charge in [0.2, 0.25) is 0 Å². The molecule has 0 radical (unpaired) electrons. The van der Waals surface area contributed by atoms with Crippen LogP contribution in [0.25, 0.3) is 0 Å². The summed E-state index contributed by atoms with van der Waals surface area (Å²) in [5, 5.41) is 3.32. The van der Waals surface area contributed by atoms with Gasteiger partial charge in [-0.3, -0.25) is 4.98 Å². The van der Waals surface area contributed by atoms with Crippen LogP contribution in [-0.4, -0.2) is 11.5 Å². The molecule has 2 rings (SSSR count). The van der Waals surface area contributed by atoms with E-state index in [2.05, 4.69) is 17.2 Å². The number of halogens is 1. The van der Waals surface area contributed by atoms with Crippen molar-refractivity contribution >= 4 is 0 Å². The zero-order valence-electron chi connectivity index (χ0n) is 11.3. The van der Waals surface area contributed by atoms with E-state index in [4.69, 9.17) is 4.42 Å². The van der Waals surface area contributed by atoms with Gasteiger partial charge in [-0.1, -0.05) is 13.8 Å². The first-order valence-electron chi connectivity index (χ1n) is 6.67. The quantitative estimate of drug-likeness (QED) is 0.866. The number of nitrogens with one attached hydrogen (secondary N) is 1.